The van der Waals surface area contributed by atoms with Crippen LogP contribution in [0.4, 0.5) is 0 Å². The molecule has 2 aromatic rings. The molecule has 3 heterocycles. The van der Waals surface area contributed by atoms with Crippen molar-refractivity contribution in [2.75, 3.05) is 7.05 Å². The van der Waals surface area contributed by atoms with E-state index >= 15 is 0 Å². The van der Waals surface area contributed by atoms with Gasteiger partial charge in [-0.2, -0.15) is 0 Å². The van der Waals surface area contributed by atoms with Crippen molar-refractivity contribution >= 4 is 53.7 Å². The Hall–Kier alpha value is -0.850. The summed E-state index contributed by atoms with van der Waals surface area (Å²) in [6, 6.07) is 9.03. The number of piperidine rings is 1. The van der Waals surface area contributed by atoms with Crippen LogP contribution in [0.25, 0.3) is 10.6 Å². The zero-order valence-corrected chi connectivity index (χ0v) is 17.6. The van der Waals surface area contributed by atoms with Crippen molar-refractivity contribution in [1.29, 1.82) is 0 Å². The summed E-state index contributed by atoms with van der Waals surface area (Å²) in [4.78, 5) is 19.2. The minimum Gasteiger partial charge on any atom is -0.337 e. The smallest absolute Gasteiger partial charge is 0.273 e. The first-order valence-electron chi connectivity index (χ1n) is 8.35. The lowest BCUT2D eigenvalue weighted by atomic mass is 9.98. The van der Waals surface area contributed by atoms with Gasteiger partial charge in [-0.3, -0.25) is 4.79 Å². The molecule has 26 heavy (non-hydrogen) atoms. The van der Waals surface area contributed by atoms with Crippen LogP contribution >= 0.6 is 47.8 Å². The van der Waals surface area contributed by atoms with Gasteiger partial charge in [-0.1, -0.05) is 23.7 Å². The number of thiazole rings is 1. The molecule has 8 heteroatoms. The largest absolute Gasteiger partial charge is 0.337 e. The van der Waals surface area contributed by atoms with Gasteiger partial charge in [-0.05, 0) is 37.8 Å². The Kier molecular flexibility index (Phi) is 7.34. The third-order valence-corrected chi connectivity index (χ3v) is 6.24. The van der Waals surface area contributed by atoms with Crippen molar-refractivity contribution in [1.82, 2.24) is 15.2 Å². The van der Waals surface area contributed by atoms with Crippen molar-refractivity contribution < 1.29 is 4.79 Å². The summed E-state index contributed by atoms with van der Waals surface area (Å²) in [5.41, 5.74) is 1.48. The van der Waals surface area contributed by atoms with Crippen LogP contribution in [0.2, 0.25) is 5.02 Å². The minimum absolute atomic E-state index is 0. The lowest BCUT2D eigenvalue weighted by Crippen LogP contribution is -2.48. The lowest BCUT2D eigenvalue weighted by Gasteiger charge is -2.35. The number of rotatable bonds is 3. The van der Waals surface area contributed by atoms with Crippen LogP contribution in [0, 0.1) is 0 Å². The summed E-state index contributed by atoms with van der Waals surface area (Å²) >= 11 is 7.53. The maximum atomic E-state index is 12.8. The molecule has 0 aliphatic carbocycles. The fourth-order valence-electron chi connectivity index (χ4n) is 3.82. The number of carbonyl (C=O) groups excluding carboxylic acids is 1. The summed E-state index contributed by atoms with van der Waals surface area (Å²) < 4.78 is 0. The summed E-state index contributed by atoms with van der Waals surface area (Å²) in [7, 11) is 1.91. The first-order chi connectivity index (χ1) is 11.6. The first-order valence-corrected chi connectivity index (χ1v) is 9.60. The van der Waals surface area contributed by atoms with Gasteiger partial charge in [0.05, 0.1) is 0 Å². The van der Waals surface area contributed by atoms with Crippen LogP contribution < -0.4 is 5.32 Å². The van der Waals surface area contributed by atoms with E-state index in [0.29, 0.717) is 28.8 Å². The Labute approximate surface area is 175 Å². The highest BCUT2D eigenvalue weighted by Gasteiger charge is 2.36. The highest BCUT2D eigenvalue weighted by molar-refractivity contribution is 7.13. The Balaban J connectivity index is 0.00000121. The normalized spacial score (nSPS) is 23.7. The van der Waals surface area contributed by atoms with E-state index in [1.54, 1.807) is 0 Å². The highest BCUT2D eigenvalue weighted by Crippen LogP contribution is 2.31. The maximum absolute atomic E-state index is 12.8. The predicted molar refractivity (Wildman–Crippen MR) is 112 cm³/mol. The molecule has 1 aromatic heterocycles. The number of hydrogen-bond acceptors (Lipinski definition) is 4. The molecule has 2 aliphatic rings. The molecular formula is C18H22Cl3N3OS. The summed E-state index contributed by atoms with van der Waals surface area (Å²) in [5, 5.41) is 6.98. The van der Waals surface area contributed by atoms with Crippen molar-refractivity contribution in [2.45, 2.75) is 43.8 Å². The number of hydrogen-bond donors (Lipinski definition) is 1. The Bertz CT molecular complexity index is 758. The molecule has 0 radical (unpaired) electrons. The Morgan fingerprint density at radius 2 is 1.96 bits per heavy atom. The van der Waals surface area contributed by atoms with E-state index in [2.05, 4.69) is 10.3 Å². The topological polar surface area (TPSA) is 45.2 Å². The van der Waals surface area contributed by atoms with Crippen molar-refractivity contribution in [3.05, 3.63) is 40.4 Å². The summed E-state index contributed by atoms with van der Waals surface area (Å²) in [6.45, 7) is 0. The number of nitrogens with zero attached hydrogens (tertiary/aromatic N) is 2. The molecule has 1 aromatic carbocycles. The fraction of sp³-hybridized carbons (Fsp3) is 0.444. The van der Waals surface area contributed by atoms with Crippen molar-refractivity contribution in [3.63, 3.8) is 0 Å². The van der Waals surface area contributed by atoms with Gasteiger partial charge < -0.3 is 10.2 Å². The van der Waals surface area contributed by atoms with E-state index < -0.39 is 0 Å². The van der Waals surface area contributed by atoms with Crippen LogP contribution in [0.1, 0.15) is 36.2 Å². The predicted octanol–water partition coefficient (Wildman–Crippen LogP) is 4.66. The zero-order valence-electron chi connectivity index (χ0n) is 14.4. The molecule has 2 saturated heterocycles. The number of benzene rings is 1. The minimum atomic E-state index is 0. The number of aromatic nitrogens is 1. The van der Waals surface area contributed by atoms with Crippen LogP contribution in [0.3, 0.4) is 0 Å². The molecule has 142 valence electrons. The van der Waals surface area contributed by atoms with Gasteiger partial charge in [0.25, 0.3) is 5.91 Å². The molecule has 4 rings (SSSR count). The van der Waals surface area contributed by atoms with E-state index in [9.17, 15) is 4.79 Å². The third kappa shape index (κ3) is 4.34. The van der Waals surface area contributed by atoms with Gasteiger partial charge in [-0.15, -0.1) is 36.2 Å². The summed E-state index contributed by atoms with van der Waals surface area (Å²) in [6.07, 6.45) is 4.56. The molecule has 2 fully saturated rings. The average Bonchev–Trinajstić information content (AvgIpc) is 3.20. The SMILES string of the molecule is CN(C(=O)c1csc(-c2cccc(Cl)c2)n1)C1CC2CCC(C1)N2.Cl.Cl. The van der Waals surface area contributed by atoms with Crippen LogP contribution in [0.5, 0.6) is 0 Å². The van der Waals surface area contributed by atoms with E-state index in [-0.39, 0.29) is 30.7 Å². The second-order valence-corrected chi connectivity index (χ2v) is 8.02. The number of amides is 1. The molecule has 2 aliphatic heterocycles. The van der Waals surface area contributed by atoms with Gasteiger partial charge in [0.2, 0.25) is 0 Å². The number of nitrogens with one attached hydrogen (secondary N) is 1. The molecule has 1 N–H and O–H groups in total. The van der Waals surface area contributed by atoms with Gasteiger partial charge in [0, 0.05) is 41.1 Å². The molecule has 0 spiro atoms. The molecule has 2 bridgehead atoms. The number of halogens is 3. The molecule has 1 amide bonds. The van der Waals surface area contributed by atoms with Crippen LogP contribution in [-0.4, -0.2) is 41.0 Å². The van der Waals surface area contributed by atoms with Crippen molar-refractivity contribution in [3.8, 4) is 10.6 Å². The van der Waals surface area contributed by atoms with Gasteiger partial charge >= 0.3 is 0 Å². The third-order valence-electron chi connectivity index (χ3n) is 5.11. The van der Waals surface area contributed by atoms with Crippen LogP contribution in [-0.2, 0) is 0 Å². The van der Waals surface area contributed by atoms with Gasteiger partial charge in [0.15, 0.2) is 0 Å². The van der Waals surface area contributed by atoms with E-state index in [0.717, 1.165) is 23.4 Å². The maximum Gasteiger partial charge on any atom is 0.273 e. The highest BCUT2D eigenvalue weighted by atomic mass is 35.5. The summed E-state index contributed by atoms with van der Waals surface area (Å²) in [5.74, 6) is 0.0193. The van der Waals surface area contributed by atoms with E-state index in [1.807, 2.05) is 41.6 Å². The second-order valence-electron chi connectivity index (χ2n) is 6.73. The Morgan fingerprint density at radius 3 is 2.62 bits per heavy atom. The van der Waals surface area contributed by atoms with Gasteiger partial charge in [-0.25, -0.2) is 4.98 Å². The van der Waals surface area contributed by atoms with Crippen LogP contribution in [0.15, 0.2) is 29.6 Å². The molecular weight excluding hydrogens is 413 g/mol. The zero-order chi connectivity index (χ0) is 16.7. The fourth-order valence-corrected chi connectivity index (χ4v) is 4.80. The number of fused-ring (bicyclic) bond motifs is 2. The average molecular weight is 435 g/mol. The molecule has 0 saturated carbocycles. The Morgan fingerprint density at radius 1 is 1.27 bits per heavy atom. The second kappa shape index (κ2) is 8.89. The standard InChI is InChI=1S/C18H20ClN3OS.2ClH/c1-22(15-8-13-5-6-14(9-15)20-13)18(23)16-10-24-17(21-16)11-3-2-4-12(19)7-11;;/h2-4,7,10,13-15,20H,5-6,8-9H2,1H3;2*1H. The quantitative estimate of drug-likeness (QED) is 0.764. The monoisotopic (exact) mass is 433 g/mol. The number of carbonyl (C=O) groups is 1. The molecule has 4 nitrogen and oxygen atoms in total. The van der Waals surface area contributed by atoms with E-state index in [4.69, 9.17) is 11.6 Å². The molecule has 2 atom stereocenters. The van der Waals surface area contributed by atoms with Crippen molar-refractivity contribution in [2.24, 2.45) is 0 Å². The van der Waals surface area contributed by atoms with Gasteiger partial charge in [0.1, 0.15) is 10.7 Å². The molecule has 2 unspecified atom stereocenters. The van der Waals surface area contributed by atoms with E-state index in [1.165, 1.54) is 24.2 Å². The lowest BCUT2D eigenvalue weighted by molar-refractivity contribution is 0.0676. The first kappa shape index (κ1) is 21.5.